The van der Waals surface area contributed by atoms with Crippen molar-refractivity contribution in [2.75, 3.05) is 26.2 Å². The first kappa shape index (κ1) is 18.4. The predicted molar refractivity (Wildman–Crippen MR) is 110 cm³/mol. The molecule has 1 unspecified atom stereocenters. The lowest BCUT2D eigenvalue weighted by Crippen LogP contribution is -2.34. The molecule has 2 aliphatic rings. The van der Waals surface area contributed by atoms with Crippen molar-refractivity contribution in [2.24, 2.45) is 5.92 Å². The second kappa shape index (κ2) is 7.60. The van der Waals surface area contributed by atoms with Gasteiger partial charge in [-0.3, -0.25) is 4.90 Å². The summed E-state index contributed by atoms with van der Waals surface area (Å²) in [6.07, 6.45) is 4.69. The molecule has 0 bridgehead atoms. The smallest absolute Gasteiger partial charge is 0.411 e. The Labute approximate surface area is 164 Å². The van der Waals surface area contributed by atoms with Gasteiger partial charge in [0.1, 0.15) is 0 Å². The number of aromatic nitrogens is 1. The molecule has 0 spiro atoms. The Hall–Kier alpha value is -1.92. The molecule has 27 heavy (non-hydrogen) atoms. The highest BCUT2D eigenvalue weighted by atomic mass is 32.1. The van der Waals surface area contributed by atoms with Gasteiger partial charge in [0.15, 0.2) is 0 Å². The topological polar surface area (TPSA) is 56.7 Å². The van der Waals surface area contributed by atoms with Gasteiger partial charge in [-0.1, -0.05) is 26.0 Å². The zero-order valence-corrected chi connectivity index (χ0v) is 16.8. The van der Waals surface area contributed by atoms with E-state index >= 15 is 0 Å². The van der Waals surface area contributed by atoms with Gasteiger partial charge in [-0.15, -0.1) is 11.3 Å². The van der Waals surface area contributed by atoms with Crippen molar-refractivity contribution >= 4 is 33.3 Å². The maximum atomic E-state index is 11.7. The first-order valence-electron chi connectivity index (χ1n) is 9.85. The fourth-order valence-electron chi connectivity index (χ4n) is 4.11. The molecule has 1 amide bonds. The zero-order chi connectivity index (χ0) is 19.0. The number of carboxylic acid groups (broad SMARTS) is 1. The van der Waals surface area contributed by atoms with Gasteiger partial charge in [0.05, 0.1) is 20.9 Å². The van der Waals surface area contributed by atoms with Crippen LogP contribution in [0.15, 0.2) is 24.3 Å². The van der Waals surface area contributed by atoms with Crippen LogP contribution in [0.5, 0.6) is 0 Å². The zero-order valence-electron chi connectivity index (χ0n) is 16.0. The second-order valence-corrected chi connectivity index (χ2v) is 9.03. The van der Waals surface area contributed by atoms with Gasteiger partial charge < -0.3 is 10.0 Å². The number of benzene rings is 1. The predicted octanol–water partition coefficient (Wildman–Crippen LogP) is 4.86. The minimum absolute atomic E-state index is 0.353. The lowest BCUT2D eigenvalue weighted by Gasteiger charge is -2.29. The SMILES string of the molecule is CC(CN1CCCC1)c1nc2cc(C3=CC[C@H](C)CN3C(=O)O)ccc2s1. The second-order valence-electron chi connectivity index (χ2n) is 7.97. The molecule has 144 valence electrons. The molecule has 2 atom stereocenters. The summed E-state index contributed by atoms with van der Waals surface area (Å²) in [5, 5.41) is 10.8. The summed E-state index contributed by atoms with van der Waals surface area (Å²) in [4.78, 5) is 20.6. The molecule has 1 N–H and O–H groups in total. The summed E-state index contributed by atoms with van der Waals surface area (Å²) < 4.78 is 1.17. The normalized spacial score (nSPS) is 22.2. The van der Waals surface area contributed by atoms with Crippen LogP contribution in [0.4, 0.5) is 4.79 Å². The third kappa shape index (κ3) is 3.87. The van der Waals surface area contributed by atoms with E-state index < -0.39 is 6.09 Å². The molecule has 0 saturated carbocycles. The van der Waals surface area contributed by atoms with Gasteiger partial charge in [-0.05, 0) is 50.4 Å². The summed E-state index contributed by atoms with van der Waals surface area (Å²) in [7, 11) is 0. The number of nitrogens with zero attached hydrogens (tertiary/aromatic N) is 3. The van der Waals surface area contributed by atoms with Gasteiger partial charge in [0.25, 0.3) is 0 Å². The Morgan fingerprint density at radius 1 is 1.37 bits per heavy atom. The number of allylic oxidation sites excluding steroid dienone is 1. The van der Waals surface area contributed by atoms with Crippen LogP contribution in [0, 0.1) is 5.92 Å². The first-order chi connectivity index (χ1) is 13.0. The highest BCUT2D eigenvalue weighted by Crippen LogP contribution is 2.33. The fraction of sp³-hybridized carbons (Fsp3) is 0.524. The number of carbonyl (C=O) groups is 1. The van der Waals surface area contributed by atoms with Crippen LogP contribution >= 0.6 is 11.3 Å². The summed E-state index contributed by atoms with van der Waals surface area (Å²) in [5.41, 5.74) is 2.72. The van der Waals surface area contributed by atoms with Crippen molar-refractivity contribution in [3.63, 3.8) is 0 Å². The number of amides is 1. The minimum atomic E-state index is -0.883. The standard InChI is InChI=1S/C21H27N3O2S/c1-14-5-7-18(24(12-14)21(25)26)16-6-8-19-17(11-16)22-20(27-19)15(2)13-23-9-3-4-10-23/h6-8,11,14-15H,3-5,9-10,12-13H2,1-2H3,(H,25,26)/t14-,15?/m0/s1. The van der Waals surface area contributed by atoms with Crippen molar-refractivity contribution in [2.45, 2.75) is 39.0 Å². The number of hydrogen-bond donors (Lipinski definition) is 1. The molecule has 1 aromatic heterocycles. The first-order valence-corrected chi connectivity index (χ1v) is 10.7. The van der Waals surface area contributed by atoms with Gasteiger partial charge in [0, 0.05) is 24.6 Å². The van der Waals surface area contributed by atoms with Gasteiger partial charge in [-0.2, -0.15) is 0 Å². The number of hydrogen-bond acceptors (Lipinski definition) is 4. The number of thiazole rings is 1. The van der Waals surface area contributed by atoms with Gasteiger partial charge in [0.2, 0.25) is 0 Å². The fourth-order valence-corrected chi connectivity index (χ4v) is 5.10. The summed E-state index contributed by atoms with van der Waals surface area (Å²) in [5.74, 6) is 0.778. The lowest BCUT2D eigenvalue weighted by molar-refractivity contribution is 0.159. The van der Waals surface area contributed by atoms with Crippen molar-refractivity contribution in [3.05, 3.63) is 34.8 Å². The van der Waals surface area contributed by atoms with Gasteiger partial charge in [-0.25, -0.2) is 9.78 Å². The Bertz CT molecular complexity index is 869. The van der Waals surface area contributed by atoms with Crippen LogP contribution in [0.1, 0.15) is 49.6 Å². The highest BCUT2D eigenvalue weighted by Gasteiger charge is 2.25. The molecule has 4 rings (SSSR count). The van der Waals surface area contributed by atoms with Crippen LogP contribution in [0.2, 0.25) is 0 Å². The van der Waals surface area contributed by atoms with E-state index in [4.69, 9.17) is 4.98 Å². The third-order valence-electron chi connectivity index (χ3n) is 5.58. The van der Waals surface area contributed by atoms with Crippen LogP contribution in [0.3, 0.4) is 0 Å². The molecular weight excluding hydrogens is 358 g/mol. The average Bonchev–Trinajstić information content (AvgIpc) is 3.30. The molecule has 1 fully saturated rings. The highest BCUT2D eigenvalue weighted by molar-refractivity contribution is 7.18. The van der Waals surface area contributed by atoms with E-state index in [1.165, 1.54) is 40.5 Å². The minimum Gasteiger partial charge on any atom is -0.465 e. The van der Waals surface area contributed by atoms with Crippen LogP contribution in [0.25, 0.3) is 15.9 Å². The molecule has 2 aliphatic heterocycles. The van der Waals surface area contributed by atoms with Crippen molar-refractivity contribution < 1.29 is 9.90 Å². The Morgan fingerprint density at radius 2 is 2.15 bits per heavy atom. The molecule has 0 radical (unpaired) electrons. The Balaban J connectivity index is 1.59. The average molecular weight is 386 g/mol. The van der Waals surface area contributed by atoms with Gasteiger partial charge >= 0.3 is 6.09 Å². The van der Waals surface area contributed by atoms with Crippen LogP contribution in [-0.2, 0) is 0 Å². The van der Waals surface area contributed by atoms with E-state index in [2.05, 4.69) is 30.9 Å². The van der Waals surface area contributed by atoms with Crippen LogP contribution in [-0.4, -0.2) is 52.2 Å². The number of rotatable bonds is 4. The monoisotopic (exact) mass is 385 g/mol. The molecule has 6 heteroatoms. The van der Waals surface area contributed by atoms with E-state index in [1.54, 1.807) is 11.3 Å². The van der Waals surface area contributed by atoms with E-state index in [9.17, 15) is 9.90 Å². The van der Waals surface area contributed by atoms with Crippen molar-refractivity contribution in [1.82, 2.24) is 14.8 Å². The van der Waals surface area contributed by atoms with E-state index in [0.29, 0.717) is 18.4 Å². The number of fused-ring (bicyclic) bond motifs is 1. The van der Waals surface area contributed by atoms with Crippen LogP contribution < -0.4 is 0 Å². The summed E-state index contributed by atoms with van der Waals surface area (Å²) >= 11 is 1.76. The quantitative estimate of drug-likeness (QED) is 0.817. The van der Waals surface area contributed by atoms with E-state index in [0.717, 1.165) is 29.7 Å². The molecule has 1 aromatic carbocycles. The molecule has 1 saturated heterocycles. The third-order valence-corrected chi connectivity index (χ3v) is 6.85. The van der Waals surface area contributed by atoms with E-state index in [-0.39, 0.29) is 0 Å². The van der Waals surface area contributed by atoms with E-state index in [1.807, 2.05) is 12.1 Å². The summed E-state index contributed by atoms with van der Waals surface area (Å²) in [6.45, 7) is 8.37. The molecule has 0 aliphatic carbocycles. The maximum absolute atomic E-state index is 11.7. The summed E-state index contributed by atoms with van der Waals surface area (Å²) in [6, 6.07) is 6.18. The lowest BCUT2D eigenvalue weighted by atomic mass is 9.98. The van der Waals surface area contributed by atoms with Crippen molar-refractivity contribution in [1.29, 1.82) is 0 Å². The maximum Gasteiger partial charge on any atom is 0.411 e. The Morgan fingerprint density at radius 3 is 2.89 bits per heavy atom. The Kier molecular flexibility index (Phi) is 5.19. The molecule has 2 aromatic rings. The molecular formula is C21H27N3O2S. The largest absolute Gasteiger partial charge is 0.465 e. The molecule has 3 heterocycles. The van der Waals surface area contributed by atoms with Crippen molar-refractivity contribution in [3.8, 4) is 0 Å². The number of likely N-dealkylation sites (tertiary alicyclic amines) is 1. The molecule has 5 nitrogen and oxygen atoms in total.